The highest BCUT2D eigenvalue weighted by Gasteiger charge is 2.08. The second-order valence-corrected chi connectivity index (χ2v) is 5.91. The van der Waals surface area contributed by atoms with Crippen molar-refractivity contribution in [1.82, 2.24) is 5.32 Å². The maximum atomic E-state index is 5.26. The van der Waals surface area contributed by atoms with Gasteiger partial charge in [-0.2, -0.15) is 0 Å². The molecule has 0 aliphatic rings. The largest absolute Gasteiger partial charge is 0.468 e. The molecule has 90 valence electrons. The van der Waals surface area contributed by atoms with Crippen LogP contribution in [-0.4, -0.2) is 17.8 Å². The number of furan rings is 1. The van der Waals surface area contributed by atoms with Crippen LogP contribution in [0.25, 0.3) is 0 Å². The molecule has 0 saturated carbocycles. The van der Waals surface area contributed by atoms with Crippen molar-refractivity contribution < 1.29 is 4.42 Å². The summed E-state index contributed by atoms with van der Waals surface area (Å²) in [6, 6.07) is 3.93. The summed E-state index contributed by atoms with van der Waals surface area (Å²) in [5.41, 5.74) is 1.39. The topological polar surface area (TPSA) is 25.2 Å². The Morgan fingerprint density at radius 2 is 2.25 bits per heavy atom. The first kappa shape index (κ1) is 13.4. The number of nitrogens with one attached hydrogen (secondary N) is 1. The van der Waals surface area contributed by atoms with Crippen molar-refractivity contribution in [3.63, 3.8) is 0 Å². The van der Waals surface area contributed by atoms with Gasteiger partial charge in [-0.3, -0.25) is 0 Å². The first-order valence-corrected chi connectivity index (χ1v) is 6.64. The molecule has 1 aromatic rings. The summed E-state index contributed by atoms with van der Waals surface area (Å²) in [4.78, 5) is 0. The molecule has 0 atom stereocenters. The normalized spacial score (nSPS) is 11.7. The fourth-order valence-electron chi connectivity index (χ4n) is 1.13. The third kappa shape index (κ3) is 6.03. The summed E-state index contributed by atoms with van der Waals surface area (Å²) in [5.74, 6) is 2.92. The van der Waals surface area contributed by atoms with Gasteiger partial charge in [-0.05, 0) is 32.9 Å². The lowest BCUT2D eigenvalue weighted by molar-refractivity contribution is 0.445. The van der Waals surface area contributed by atoms with Crippen molar-refractivity contribution in [2.75, 3.05) is 12.3 Å². The Balaban J connectivity index is 2.11. The van der Waals surface area contributed by atoms with Crippen LogP contribution in [0.3, 0.4) is 0 Å². The molecule has 0 radical (unpaired) electrons. The molecule has 0 amide bonds. The van der Waals surface area contributed by atoms with Crippen LogP contribution in [0.2, 0.25) is 0 Å². The van der Waals surface area contributed by atoms with Gasteiger partial charge >= 0.3 is 0 Å². The summed E-state index contributed by atoms with van der Waals surface area (Å²) in [7, 11) is 0. The molecule has 1 N–H and O–H groups in total. The van der Waals surface area contributed by atoms with Gasteiger partial charge in [-0.25, -0.2) is 0 Å². The van der Waals surface area contributed by atoms with E-state index in [-0.39, 0.29) is 5.54 Å². The minimum Gasteiger partial charge on any atom is -0.468 e. The second-order valence-electron chi connectivity index (χ2n) is 4.93. The van der Waals surface area contributed by atoms with Crippen LogP contribution >= 0.6 is 11.8 Å². The first-order valence-electron chi connectivity index (χ1n) is 5.49. The molecule has 0 aromatic carbocycles. The van der Waals surface area contributed by atoms with E-state index < -0.39 is 0 Å². The van der Waals surface area contributed by atoms with Crippen LogP contribution in [0, 0.1) is 0 Å². The lowest BCUT2D eigenvalue weighted by Crippen LogP contribution is -2.37. The lowest BCUT2D eigenvalue weighted by atomic mass is 10.1. The fourth-order valence-corrected chi connectivity index (χ4v) is 1.99. The summed E-state index contributed by atoms with van der Waals surface area (Å²) in [5, 5.41) is 3.43. The molecule has 16 heavy (non-hydrogen) atoms. The molecule has 1 heterocycles. The minimum absolute atomic E-state index is 0.161. The Labute approximate surface area is 102 Å². The van der Waals surface area contributed by atoms with E-state index >= 15 is 0 Å². The molecule has 0 bridgehead atoms. The van der Waals surface area contributed by atoms with Crippen LogP contribution in [0.15, 0.2) is 35.0 Å². The second kappa shape index (κ2) is 6.16. The third-order valence-electron chi connectivity index (χ3n) is 2.00. The molecule has 2 nitrogen and oxygen atoms in total. The SMILES string of the molecule is C=C(CNC(C)(C)C)CSCc1ccco1. The Morgan fingerprint density at radius 1 is 1.50 bits per heavy atom. The number of rotatable bonds is 6. The maximum absolute atomic E-state index is 5.26. The number of hydrogen-bond donors (Lipinski definition) is 1. The Hall–Kier alpha value is -0.670. The average Bonchev–Trinajstić information content (AvgIpc) is 2.66. The highest BCUT2D eigenvalue weighted by Crippen LogP contribution is 2.14. The van der Waals surface area contributed by atoms with Gasteiger partial charge in [0, 0.05) is 17.8 Å². The zero-order chi connectivity index (χ0) is 12.0. The molecule has 1 rings (SSSR count). The Morgan fingerprint density at radius 3 is 2.81 bits per heavy atom. The van der Waals surface area contributed by atoms with E-state index in [0.717, 1.165) is 23.8 Å². The van der Waals surface area contributed by atoms with E-state index in [0.29, 0.717) is 0 Å². The number of thioether (sulfide) groups is 1. The smallest absolute Gasteiger partial charge is 0.113 e. The monoisotopic (exact) mass is 239 g/mol. The quantitative estimate of drug-likeness (QED) is 0.770. The van der Waals surface area contributed by atoms with Crippen molar-refractivity contribution >= 4 is 11.8 Å². The van der Waals surface area contributed by atoms with Gasteiger partial charge in [0.25, 0.3) is 0 Å². The van der Waals surface area contributed by atoms with Crippen molar-refractivity contribution in [2.45, 2.75) is 32.1 Å². The van der Waals surface area contributed by atoms with Crippen LogP contribution in [-0.2, 0) is 5.75 Å². The van der Waals surface area contributed by atoms with Crippen molar-refractivity contribution in [1.29, 1.82) is 0 Å². The zero-order valence-electron chi connectivity index (χ0n) is 10.4. The van der Waals surface area contributed by atoms with Crippen molar-refractivity contribution in [3.8, 4) is 0 Å². The van der Waals surface area contributed by atoms with E-state index in [1.54, 1.807) is 6.26 Å². The van der Waals surface area contributed by atoms with Gasteiger partial charge in [0.2, 0.25) is 0 Å². The Bertz CT molecular complexity index is 311. The molecule has 0 fully saturated rings. The van der Waals surface area contributed by atoms with Gasteiger partial charge in [0.1, 0.15) is 5.76 Å². The summed E-state index contributed by atoms with van der Waals surface area (Å²) in [6.45, 7) is 11.4. The van der Waals surface area contributed by atoms with Gasteiger partial charge in [-0.1, -0.05) is 12.2 Å². The highest BCUT2D eigenvalue weighted by atomic mass is 32.2. The highest BCUT2D eigenvalue weighted by molar-refractivity contribution is 7.98. The van der Waals surface area contributed by atoms with Crippen molar-refractivity contribution in [2.24, 2.45) is 0 Å². The Kier molecular flexibility index (Phi) is 5.16. The van der Waals surface area contributed by atoms with E-state index in [1.165, 1.54) is 5.57 Å². The predicted octanol–water partition coefficient (Wildman–Crippen LogP) is 3.46. The molecule has 1 aromatic heterocycles. The standard InChI is InChI=1S/C13H21NOS/c1-11(8-14-13(2,3)4)9-16-10-12-6-5-7-15-12/h5-7,14H,1,8-10H2,2-4H3. The van der Waals surface area contributed by atoms with Crippen LogP contribution in [0.1, 0.15) is 26.5 Å². The summed E-state index contributed by atoms with van der Waals surface area (Å²) >= 11 is 1.84. The lowest BCUT2D eigenvalue weighted by Gasteiger charge is -2.21. The fraction of sp³-hybridized carbons (Fsp3) is 0.538. The molecular weight excluding hydrogens is 218 g/mol. The molecule has 0 spiro atoms. The van der Waals surface area contributed by atoms with E-state index in [4.69, 9.17) is 4.42 Å². The molecule has 0 aliphatic carbocycles. The van der Waals surface area contributed by atoms with Gasteiger partial charge in [-0.15, -0.1) is 11.8 Å². The minimum atomic E-state index is 0.161. The van der Waals surface area contributed by atoms with Gasteiger partial charge in [0.15, 0.2) is 0 Å². The predicted molar refractivity (Wildman–Crippen MR) is 71.8 cm³/mol. The number of hydrogen-bond acceptors (Lipinski definition) is 3. The molecule has 0 saturated heterocycles. The van der Waals surface area contributed by atoms with Crippen LogP contribution < -0.4 is 5.32 Å². The summed E-state index contributed by atoms with van der Waals surface area (Å²) < 4.78 is 5.26. The van der Waals surface area contributed by atoms with Gasteiger partial charge < -0.3 is 9.73 Å². The first-order chi connectivity index (χ1) is 7.47. The maximum Gasteiger partial charge on any atom is 0.113 e. The summed E-state index contributed by atoms with van der Waals surface area (Å²) in [6.07, 6.45) is 1.71. The van der Waals surface area contributed by atoms with Crippen LogP contribution in [0.5, 0.6) is 0 Å². The molecule has 0 unspecified atom stereocenters. The molecular formula is C13H21NOS. The molecule has 3 heteroatoms. The molecule has 0 aliphatic heterocycles. The van der Waals surface area contributed by atoms with E-state index in [2.05, 4.69) is 32.7 Å². The van der Waals surface area contributed by atoms with E-state index in [9.17, 15) is 0 Å². The third-order valence-corrected chi connectivity index (χ3v) is 3.10. The van der Waals surface area contributed by atoms with Crippen LogP contribution in [0.4, 0.5) is 0 Å². The zero-order valence-corrected chi connectivity index (χ0v) is 11.2. The van der Waals surface area contributed by atoms with Crippen molar-refractivity contribution in [3.05, 3.63) is 36.3 Å². The van der Waals surface area contributed by atoms with Gasteiger partial charge in [0.05, 0.1) is 12.0 Å². The van der Waals surface area contributed by atoms with E-state index in [1.807, 2.05) is 23.9 Å². The average molecular weight is 239 g/mol.